The van der Waals surface area contributed by atoms with Crippen molar-refractivity contribution in [1.82, 2.24) is 15.1 Å². The lowest BCUT2D eigenvalue weighted by Gasteiger charge is -2.35. The van der Waals surface area contributed by atoms with Crippen LogP contribution in [0, 0.1) is 5.92 Å². The Labute approximate surface area is 186 Å². The molecular weight excluding hydrogens is 411 g/mol. The Hall–Kier alpha value is -1.34. The van der Waals surface area contributed by atoms with Crippen molar-refractivity contribution in [2.75, 3.05) is 45.6 Å². The summed E-state index contributed by atoms with van der Waals surface area (Å²) in [5.74, 6) is 0.704. The van der Waals surface area contributed by atoms with E-state index in [1.165, 1.54) is 0 Å². The third-order valence-corrected chi connectivity index (χ3v) is 5.83. The maximum atomic E-state index is 12.7. The van der Waals surface area contributed by atoms with Crippen LogP contribution in [-0.2, 0) is 4.79 Å². The molecule has 2 saturated heterocycles. The largest absolute Gasteiger partial charge is 0.337 e. The molecule has 6 nitrogen and oxygen atoms in total. The molecule has 1 aromatic carbocycles. The van der Waals surface area contributed by atoms with Crippen molar-refractivity contribution < 1.29 is 9.59 Å². The number of amides is 2. The molecule has 0 bridgehead atoms. The van der Waals surface area contributed by atoms with E-state index in [9.17, 15) is 9.59 Å². The first-order valence-corrected chi connectivity index (χ1v) is 10.1. The van der Waals surface area contributed by atoms with Crippen LogP contribution < -0.4 is 10.6 Å². The number of rotatable bonds is 6. The van der Waals surface area contributed by atoms with Crippen molar-refractivity contribution in [2.45, 2.75) is 38.1 Å². The quantitative estimate of drug-likeness (QED) is 0.707. The molecule has 0 saturated carbocycles. The number of piperidine rings is 1. The minimum atomic E-state index is 0. The first-order chi connectivity index (χ1) is 13.0. The van der Waals surface area contributed by atoms with Gasteiger partial charge in [-0.2, -0.15) is 0 Å². The van der Waals surface area contributed by atoms with E-state index >= 15 is 0 Å². The van der Waals surface area contributed by atoms with Crippen LogP contribution in [0.15, 0.2) is 24.3 Å². The van der Waals surface area contributed by atoms with Crippen LogP contribution >= 0.6 is 24.8 Å². The van der Waals surface area contributed by atoms with Gasteiger partial charge in [0.05, 0.1) is 0 Å². The lowest BCUT2D eigenvalue weighted by molar-refractivity contribution is -0.116. The molecule has 2 aliphatic rings. The normalized spacial score (nSPS) is 21.6. The van der Waals surface area contributed by atoms with Gasteiger partial charge in [0, 0.05) is 37.3 Å². The van der Waals surface area contributed by atoms with E-state index in [1.54, 1.807) is 0 Å². The molecule has 0 aliphatic carbocycles. The highest BCUT2D eigenvalue weighted by Crippen LogP contribution is 2.18. The van der Waals surface area contributed by atoms with Crippen LogP contribution in [0.3, 0.4) is 0 Å². The fraction of sp³-hybridized carbons (Fsp3) is 0.619. The van der Waals surface area contributed by atoms with Crippen LogP contribution in [0.5, 0.6) is 0 Å². The van der Waals surface area contributed by atoms with E-state index in [2.05, 4.69) is 22.6 Å². The predicted molar refractivity (Wildman–Crippen MR) is 122 cm³/mol. The zero-order valence-corrected chi connectivity index (χ0v) is 19.0. The van der Waals surface area contributed by atoms with Crippen molar-refractivity contribution in [3.8, 4) is 0 Å². The standard InChI is InChI=1S/C21H32N4O2.2ClH/c1-24-13-3-4-19(15-24)25(2)21(27)17-6-8-18(9-7-17)23-20(26)10-5-16-11-12-22-14-16;;/h6-9,16,19,22H,3-5,10-15H2,1-2H3,(H,23,26);2*1H. The van der Waals surface area contributed by atoms with E-state index in [0.29, 0.717) is 17.9 Å². The summed E-state index contributed by atoms with van der Waals surface area (Å²) in [5, 5.41) is 6.27. The van der Waals surface area contributed by atoms with Crippen LogP contribution in [0.2, 0.25) is 0 Å². The zero-order chi connectivity index (χ0) is 19.2. The van der Waals surface area contributed by atoms with E-state index < -0.39 is 0 Å². The number of nitrogens with zero attached hydrogens (tertiary/aromatic N) is 2. The Bertz CT molecular complexity index is 651. The second-order valence-electron chi connectivity index (χ2n) is 8.00. The molecule has 2 unspecified atom stereocenters. The highest BCUT2D eigenvalue weighted by Gasteiger charge is 2.25. The van der Waals surface area contributed by atoms with Gasteiger partial charge in [0.25, 0.3) is 5.91 Å². The van der Waals surface area contributed by atoms with Gasteiger partial charge < -0.3 is 20.4 Å². The smallest absolute Gasteiger partial charge is 0.253 e. The molecule has 29 heavy (non-hydrogen) atoms. The van der Waals surface area contributed by atoms with Crippen LogP contribution in [0.1, 0.15) is 42.5 Å². The van der Waals surface area contributed by atoms with E-state index in [4.69, 9.17) is 0 Å². The minimum absolute atomic E-state index is 0. The summed E-state index contributed by atoms with van der Waals surface area (Å²) >= 11 is 0. The number of benzene rings is 1. The average Bonchev–Trinajstić information content (AvgIpc) is 3.19. The van der Waals surface area contributed by atoms with Crippen molar-refractivity contribution in [3.05, 3.63) is 29.8 Å². The third kappa shape index (κ3) is 7.45. The molecule has 2 amide bonds. The van der Waals surface area contributed by atoms with Gasteiger partial charge in [-0.3, -0.25) is 9.59 Å². The van der Waals surface area contributed by atoms with Crippen molar-refractivity contribution in [1.29, 1.82) is 0 Å². The third-order valence-electron chi connectivity index (χ3n) is 5.83. The fourth-order valence-electron chi connectivity index (χ4n) is 4.04. The number of halogens is 2. The SMILES string of the molecule is CN1CCCC(N(C)C(=O)c2ccc(NC(=O)CCC3CCNC3)cc2)C1.Cl.Cl. The summed E-state index contributed by atoms with van der Waals surface area (Å²) in [6.07, 6.45) is 4.81. The number of hydrogen-bond acceptors (Lipinski definition) is 4. The summed E-state index contributed by atoms with van der Waals surface area (Å²) in [4.78, 5) is 29.0. The Kier molecular flexibility index (Phi) is 11.0. The van der Waals surface area contributed by atoms with Gasteiger partial charge in [0.15, 0.2) is 0 Å². The molecule has 0 aromatic heterocycles. The summed E-state index contributed by atoms with van der Waals surface area (Å²) in [6, 6.07) is 7.52. The zero-order valence-electron chi connectivity index (χ0n) is 17.4. The second kappa shape index (κ2) is 12.4. The lowest BCUT2D eigenvalue weighted by Crippen LogP contribution is -2.47. The molecule has 3 rings (SSSR count). The van der Waals surface area contributed by atoms with Gasteiger partial charge in [-0.1, -0.05) is 0 Å². The molecule has 2 aliphatic heterocycles. The minimum Gasteiger partial charge on any atom is -0.337 e. The Morgan fingerprint density at radius 3 is 2.55 bits per heavy atom. The molecule has 2 N–H and O–H groups in total. The number of likely N-dealkylation sites (tertiary alicyclic amines) is 1. The molecule has 0 spiro atoms. The topological polar surface area (TPSA) is 64.7 Å². The molecule has 8 heteroatoms. The molecule has 2 heterocycles. The van der Waals surface area contributed by atoms with Gasteiger partial charge in [0.2, 0.25) is 5.91 Å². The Morgan fingerprint density at radius 1 is 1.21 bits per heavy atom. The predicted octanol–water partition coefficient (Wildman–Crippen LogP) is 3.02. The van der Waals surface area contributed by atoms with Crippen molar-refractivity contribution in [2.24, 2.45) is 5.92 Å². The number of carbonyl (C=O) groups excluding carboxylic acids is 2. The molecule has 164 valence electrons. The van der Waals surface area contributed by atoms with Gasteiger partial charge in [-0.25, -0.2) is 0 Å². The maximum Gasteiger partial charge on any atom is 0.253 e. The van der Waals surface area contributed by atoms with Gasteiger partial charge >= 0.3 is 0 Å². The molecule has 2 atom stereocenters. The first kappa shape index (κ1) is 25.7. The number of carbonyl (C=O) groups is 2. The Morgan fingerprint density at radius 2 is 1.93 bits per heavy atom. The monoisotopic (exact) mass is 444 g/mol. The summed E-state index contributed by atoms with van der Waals surface area (Å²) in [6.45, 7) is 4.11. The fourth-order valence-corrected chi connectivity index (χ4v) is 4.04. The summed E-state index contributed by atoms with van der Waals surface area (Å²) < 4.78 is 0. The number of likely N-dealkylation sites (N-methyl/N-ethyl adjacent to an activating group) is 2. The van der Waals surface area contributed by atoms with Gasteiger partial charge in [0.1, 0.15) is 0 Å². The van der Waals surface area contributed by atoms with Crippen molar-refractivity contribution in [3.63, 3.8) is 0 Å². The highest BCUT2D eigenvalue weighted by atomic mass is 35.5. The first-order valence-electron chi connectivity index (χ1n) is 10.1. The number of hydrogen-bond donors (Lipinski definition) is 2. The number of anilines is 1. The van der Waals surface area contributed by atoms with Crippen molar-refractivity contribution >= 4 is 42.3 Å². The second-order valence-corrected chi connectivity index (χ2v) is 8.00. The average molecular weight is 445 g/mol. The maximum absolute atomic E-state index is 12.7. The lowest BCUT2D eigenvalue weighted by atomic mass is 10.0. The van der Waals surface area contributed by atoms with E-state index in [-0.39, 0.29) is 42.7 Å². The van der Waals surface area contributed by atoms with E-state index in [1.807, 2.05) is 36.2 Å². The molecule has 0 radical (unpaired) electrons. The van der Waals surface area contributed by atoms with Crippen LogP contribution in [0.25, 0.3) is 0 Å². The van der Waals surface area contributed by atoms with Crippen LogP contribution in [-0.4, -0.2) is 67.9 Å². The van der Waals surface area contributed by atoms with Gasteiger partial charge in [-0.05, 0) is 82.5 Å². The number of nitrogens with one attached hydrogen (secondary N) is 2. The van der Waals surface area contributed by atoms with E-state index in [0.717, 1.165) is 57.5 Å². The summed E-state index contributed by atoms with van der Waals surface area (Å²) in [5.41, 5.74) is 1.42. The van der Waals surface area contributed by atoms with Gasteiger partial charge in [-0.15, -0.1) is 24.8 Å². The highest BCUT2D eigenvalue weighted by molar-refractivity contribution is 5.95. The Balaban J connectivity index is 0.00000210. The summed E-state index contributed by atoms with van der Waals surface area (Å²) in [7, 11) is 3.99. The molecular formula is C21H34Cl2N4O2. The van der Waals surface area contributed by atoms with Crippen LogP contribution in [0.4, 0.5) is 5.69 Å². The molecule has 1 aromatic rings. The molecule has 2 fully saturated rings.